The zero-order valence-electron chi connectivity index (χ0n) is 9.38. The van der Waals surface area contributed by atoms with E-state index in [1.807, 2.05) is 41.1 Å². The molecule has 0 saturated carbocycles. The molecule has 2 aromatic heterocycles. The van der Waals surface area contributed by atoms with Gasteiger partial charge in [0.05, 0.1) is 16.9 Å². The Hall–Kier alpha value is -1.94. The maximum absolute atomic E-state index is 11.0. The van der Waals surface area contributed by atoms with Crippen LogP contribution < -0.4 is 0 Å². The van der Waals surface area contributed by atoms with Crippen LogP contribution in [0.2, 0.25) is 0 Å². The van der Waals surface area contributed by atoms with Gasteiger partial charge in [-0.3, -0.25) is 9.78 Å². The molecule has 0 aliphatic heterocycles. The first-order chi connectivity index (χ1) is 8.79. The lowest BCUT2D eigenvalue weighted by Crippen LogP contribution is -1.99. The average Bonchev–Trinajstić information content (AvgIpc) is 2.85. The zero-order chi connectivity index (χ0) is 12.5. The first-order valence-electron chi connectivity index (χ1n) is 5.47. The first-order valence-corrected chi connectivity index (χ1v) is 6.26. The van der Waals surface area contributed by atoms with Crippen LogP contribution in [0.3, 0.4) is 0 Å². The summed E-state index contributed by atoms with van der Waals surface area (Å²) in [6.07, 6.45) is 4.47. The van der Waals surface area contributed by atoms with E-state index < -0.39 is 0 Å². The van der Waals surface area contributed by atoms with Crippen LogP contribution in [-0.4, -0.2) is 15.8 Å². The summed E-state index contributed by atoms with van der Waals surface area (Å²) in [4.78, 5) is 15.4. The normalized spacial score (nSPS) is 10.7. The number of halogens is 1. The number of carbonyl (C=O) groups is 1. The van der Waals surface area contributed by atoms with Gasteiger partial charge in [-0.15, -0.1) is 0 Å². The molecule has 0 aliphatic rings. The second kappa shape index (κ2) is 4.38. The lowest BCUT2D eigenvalue weighted by molar-refractivity contribution is 0.111. The average molecular weight is 301 g/mol. The number of para-hydroxylation sites is 1. The smallest absolute Gasteiger partial charge is 0.166 e. The van der Waals surface area contributed by atoms with Gasteiger partial charge in [0.1, 0.15) is 0 Å². The standard InChI is InChI=1S/C14H9BrN2O/c15-11-7-10-3-1-5-13(14(10)16-8-11)17-6-2-4-12(17)9-18/h1-9H. The van der Waals surface area contributed by atoms with Gasteiger partial charge in [-0.05, 0) is 40.2 Å². The third kappa shape index (κ3) is 1.75. The molecule has 4 heteroatoms. The molecule has 0 fully saturated rings. The molecule has 3 nitrogen and oxygen atoms in total. The van der Waals surface area contributed by atoms with Gasteiger partial charge in [0.2, 0.25) is 0 Å². The van der Waals surface area contributed by atoms with E-state index in [1.165, 1.54) is 0 Å². The molecule has 3 aromatic rings. The Morgan fingerprint density at radius 3 is 2.94 bits per heavy atom. The molecule has 0 saturated heterocycles. The summed E-state index contributed by atoms with van der Waals surface area (Å²) in [5, 5.41) is 1.03. The Kier molecular flexibility index (Phi) is 2.72. The van der Waals surface area contributed by atoms with Crippen LogP contribution in [0.15, 0.2) is 53.3 Å². The van der Waals surface area contributed by atoms with Crippen molar-refractivity contribution in [3.05, 3.63) is 59.0 Å². The fourth-order valence-corrected chi connectivity index (χ4v) is 2.37. The van der Waals surface area contributed by atoms with Gasteiger partial charge < -0.3 is 4.57 Å². The predicted octanol–water partition coefficient (Wildman–Crippen LogP) is 3.60. The molecule has 88 valence electrons. The molecule has 1 aromatic carbocycles. The lowest BCUT2D eigenvalue weighted by atomic mass is 10.2. The number of carbonyl (C=O) groups excluding carboxylic acids is 1. The van der Waals surface area contributed by atoms with Gasteiger partial charge in [0.25, 0.3) is 0 Å². The Morgan fingerprint density at radius 2 is 2.11 bits per heavy atom. The van der Waals surface area contributed by atoms with Gasteiger partial charge in [-0.1, -0.05) is 12.1 Å². The minimum atomic E-state index is 0.618. The van der Waals surface area contributed by atoms with Gasteiger partial charge in [-0.25, -0.2) is 0 Å². The van der Waals surface area contributed by atoms with Crippen LogP contribution in [0.4, 0.5) is 0 Å². The Balaban J connectivity index is 2.33. The van der Waals surface area contributed by atoms with Crippen molar-refractivity contribution in [2.45, 2.75) is 0 Å². The van der Waals surface area contributed by atoms with E-state index >= 15 is 0 Å². The Morgan fingerprint density at radius 1 is 1.22 bits per heavy atom. The van der Waals surface area contributed by atoms with Crippen LogP contribution in [0.1, 0.15) is 10.5 Å². The first kappa shape index (κ1) is 11.2. The van der Waals surface area contributed by atoms with Gasteiger partial charge in [0, 0.05) is 22.3 Å². The summed E-state index contributed by atoms with van der Waals surface area (Å²) < 4.78 is 2.78. The SMILES string of the molecule is O=Cc1cccn1-c1cccc2cc(Br)cnc12. The number of nitrogens with zero attached hydrogens (tertiary/aromatic N) is 2. The van der Waals surface area contributed by atoms with Crippen molar-refractivity contribution in [3.8, 4) is 5.69 Å². The number of pyridine rings is 1. The minimum absolute atomic E-state index is 0.618. The van der Waals surface area contributed by atoms with Crippen molar-refractivity contribution < 1.29 is 4.79 Å². The fourth-order valence-electron chi connectivity index (χ4n) is 2.02. The van der Waals surface area contributed by atoms with Crippen LogP contribution in [0, 0.1) is 0 Å². The van der Waals surface area contributed by atoms with E-state index in [0.717, 1.165) is 27.3 Å². The maximum Gasteiger partial charge on any atom is 0.166 e. The maximum atomic E-state index is 11.0. The number of aromatic nitrogens is 2. The molecule has 0 bridgehead atoms. The topological polar surface area (TPSA) is 34.9 Å². The summed E-state index contributed by atoms with van der Waals surface area (Å²) in [5.41, 5.74) is 2.40. The molecule has 0 atom stereocenters. The quantitative estimate of drug-likeness (QED) is 0.678. The van der Waals surface area contributed by atoms with Gasteiger partial charge in [0.15, 0.2) is 6.29 Å². The van der Waals surface area contributed by atoms with Crippen molar-refractivity contribution in [3.63, 3.8) is 0 Å². The zero-order valence-corrected chi connectivity index (χ0v) is 11.0. The van der Waals surface area contributed by atoms with E-state index in [2.05, 4.69) is 20.9 Å². The summed E-state index contributed by atoms with van der Waals surface area (Å²) in [6, 6.07) is 11.6. The molecule has 18 heavy (non-hydrogen) atoms. The van der Waals surface area contributed by atoms with Crippen LogP contribution >= 0.6 is 15.9 Å². The van der Waals surface area contributed by atoms with Crippen LogP contribution in [0.5, 0.6) is 0 Å². The number of rotatable bonds is 2. The number of fused-ring (bicyclic) bond motifs is 1. The summed E-state index contributed by atoms with van der Waals surface area (Å²) in [7, 11) is 0. The number of benzene rings is 1. The van der Waals surface area contributed by atoms with Crippen molar-refractivity contribution in [2.24, 2.45) is 0 Å². The van der Waals surface area contributed by atoms with E-state index in [0.29, 0.717) is 5.69 Å². The highest BCUT2D eigenvalue weighted by Gasteiger charge is 2.07. The highest BCUT2D eigenvalue weighted by atomic mass is 79.9. The molecule has 0 aliphatic carbocycles. The fraction of sp³-hybridized carbons (Fsp3) is 0. The predicted molar refractivity (Wildman–Crippen MR) is 74.2 cm³/mol. The van der Waals surface area contributed by atoms with Gasteiger partial charge >= 0.3 is 0 Å². The molecule has 0 amide bonds. The molecule has 0 unspecified atom stereocenters. The molecule has 0 radical (unpaired) electrons. The molecule has 0 N–H and O–H groups in total. The van der Waals surface area contributed by atoms with Crippen molar-refractivity contribution in [2.75, 3.05) is 0 Å². The molecule has 0 spiro atoms. The molecular weight excluding hydrogens is 292 g/mol. The number of hydrogen-bond acceptors (Lipinski definition) is 2. The highest BCUT2D eigenvalue weighted by molar-refractivity contribution is 9.10. The van der Waals surface area contributed by atoms with Crippen LogP contribution in [0.25, 0.3) is 16.6 Å². The monoisotopic (exact) mass is 300 g/mol. The Bertz CT molecular complexity index is 733. The largest absolute Gasteiger partial charge is 0.312 e. The third-order valence-electron chi connectivity index (χ3n) is 2.82. The van der Waals surface area contributed by atoms with E-state index in [-0.39, 0.29) is 0 Å². The van der Waals surface area contributed by atoms with Crippen LogP contribution in [-0.2, 0) is 0 Å². The lowest BCUT2D eigenvalue weighted by Gasteiger charge is -2.08. The number of aldehydes is 1. The second-order valence-electron chi connectivity index (χ2n) is 3.92. The van der Waals surface area contributed by atoms with E-state index in [4.69, 9.17) is 0 Å². The van der Waals surface area contributed by atoms with Crippen molar-refractivity contribution in [1.82, 2.24) is 9.55 Å². The Labute approximate surface area is 112 Å². The summed E-state index contributed by atoms with van der Waals surface area (Å²) in [5.74, 6) is 0. The van der Waals surface area contributed by atoms with E-state index in [1.54, 1.807) is 12.3 Å². The van der Waals surface area contributed by atoms with E-state index in [9.17, 15) is 4.79 Å². The number of hydrogen-bond donors (Lipinski definition) is 0. The second-order valence-corrected chi connectivity index (χ2v) is 4.84. The molecule has 2 heterocycles. The summed E-state index contributed by atoms with van der Waals surface area (Å²) >= 11 is 3.41. The highest BCUT2D eigenvalue weighted by Crippen LogP contribution is 2.24. The van der Waals surface area contributed by atoms with Crippen molar-refractivity contribution in [1.29, 1.82) is 0 Å². The summed E-state index contributed by atoms with van der Waals surface area (Å²) in [6.45, 7) is 0. The molecule has 3 rings (SSSR count). The van der Waals surface area contributed by atoms with Gasteiger partial charge in [-0.2, -0.15) is 0 Å². The van der Waals surface area contributed by atoms with Crippen molar-refractivity contribution >= 4 is 33.1 Å². The minimum Gasteiger partial charge on any atom is -0.312 e. The third-order valence-corrected chi connectivity index (χ3v) is 3.25. The molecular formula is C14H9BrN2O.